The van der Waals surface area contributed by atoms with Crippen molar-refractivity contribution in [2.75, 3.05) is 20.7 Å². The number of nitrogens with zero attached hydrogens (tertiary/aromatic N) is 2. The zero-order valence-corrected chi connectivity index (χ0v) is 10.5. The molecule has 1 aromatic rings. The van der Waals surface area contributed by atoms with Crippen molar-refractivity contribution in [2.24, 2.45) is 5.73 Å². The quantitative estimate of drug-likeness (QED) is 0.849. The second kappa shape index (κ2) is 5.85. The van der Waals surface area contributed by atoms with Crippen molar-refractivity contribution in [3.63, 3.8) is 0 Å². The summed E-state index contributed by atoms with van der Waals surface area (Å²) in [6, 6.07) is 1.40. The number of hydrogen-bond acceptors (Lipinski definition) is 5. The third kappa shape index (κ3) is 2.88. The van der Waals surface area contributed by atoms with E-state index in [0.717, 1.165) is 0 Å². The minimum atomic E-state index is -0.984. The van der Waals surface area contributed by atoms with E-state index in [4.69, 9.17) is 15.2 Å². The van der Waals surface area contributed by atoms with Crippen molar-refractivity contribution in [3.05, 3.63) is 18.0 Å². The van der Waals surface area contributed by atoms with Crippen LogP contribution in [-0.4, -0.2) is 42.6 Å². The second-order valence-electron chi connectivity index (χ2n) is 3.43. The Morgan fingerprint density at radius 1 is 1.50 bits per heavy atom. The third-order valence-electron chi connectivity index (χ3n) is 2.31. The SMILES string of the molecule is CCN(C)C(=O)c1nccc(OC(N)=O)c1OC. The largest absolute Gasteiger partial charge is 0.491 e. The molecule has 0 aromatic carbocycles. The summed E-state index contributed by atoms with van der Waals surface area (Å²) in [5, 5.41) is 0. The number of carbonyl (C=O) groups excluding carboxylic acids is 2. The molecule has 0 fully saturated rings. The van der Waals surface area contributed by atoms with Crippen LogP contribution in [0.2, 0.25) is 0 Å². The number of rotatable bonds is 4. The molecular formula is C11H15N3O4. The first-order chi connectivity index (χ1) is 8.51. The number of ether oxygens (including phenoxy) is 2. The van der Waals surface area contributed by atoms with Gasteiger partial charge in [-0.3, -0.25) is 4.79 Å². The summed E-state index contributed by atoms with van der Waals surface area (Å²) in [6.45, 7) is 2.35. The fraction of sp³-hybridized carbons (Fsp3) is 0.364. The van der Waals surface area contributed by atoms with Crippen LogP contribution in [0.15, 0.2) is 12.3 Å². The molecule has 0 aliphatic rings. The number of amides is 2. The molecule has 0 saturated heterocycles. The smallest absolute Gasteiger partial charge is 0.410 e. The van der Waals surface area contributed by atoms with Crippen molar-refractivity contribution in [1.82, 2.24) is 9.88 Å². The van der Waals surface area contributed by atoms with Crippen molar-refractivity contribution in [1.29, 1.82) is 0 Å². The highest BCUT2D eigenvalue weighted by Crippen LogP contribution is 2.29. The molecule has 1 rings (SSSR count). The topological polar surface area (TPSA) is 94.8 Å². The van der Waals surface area contributed by atoms with E-state index in [0.29, 0.717) is 6.54 Å². The van der Waals surface area contributed by atoms with Gasteiger partial charge in [-0.25, -0.2) is 9.78 Å². The van der Waals surface area contributed by atoms with Gasteiger partial charge in [0, 0.05) is 25.9 Å². The Kier molecular flexibility index (Phi) is 4.47. The predicted octanol–water partition coefficient (Wildman–Crippen LogP) is 0.640. The maximum Gasteiger partial charge on any atom is 0.410 e. The van der Waals surface area contributed by atoms with E-state index < -0.39 is 6.09 Å². The van der Waals surface area contributed by atoms with E-state index in [1.165, 1.54) is 24.3 Å². The van der Waals surface area contributed by atoms with Crippen molar-refractivity contribution < 1.29 is 19.1 Å². The van der Waals surface area contributed by atoms with E-state index in [-0.39, 0.29) is 23.1 Å². The van der Waals surface area contributed by atoms with Gasteiger partial charge < -0.3 is 20.1 Å². The summed E-state index contributed by atoms with van der Waals surface area (Å²) >= 11 is 0. The van der Waals surface area contributed by atoms with Crippen LogP contribution in [-0.2, 0) is 0 Å². The molecule has 2 amide bonds. The minimum absolute atomic E-state index is 0.0628. The van der Waals surface area contributed by atoms with Gasteiger partial charge in [0.15, 0.2) is 17.2 Å². The Balaban J connectivity index is 3.20. The van der Waals surface area contributed by atoms with Gasteiger partial charge in [-0.15, -0.1) is 0 Å². The zero-order chi connectivity index (χ0) is 13.7. The summed E-state index contributed by atoms with van der Waals surface area (Å²) in [6.07, 6.45) is 0.360. The Labute approximate surface area is 104 Å². The molecule has 0 aliphatic heterocycles. The van der Waals surface area contributed by atoms with Crippen molar-refractivity contribution >= 4 is 12.0 Å². The van der Waals surface area contributed by atoms with Crippen molar-refractivity contribution in [2.45, 2.75) is 6.92 Å². The molecule has 0 bridgehead atoms. The molecule has 7 nitrogen and oxygen atoms in total. The number of hydrogen-bond donors (Lipinski definition) is 1. The minimum Gasteiger partial charge on any atom is -0.491 e. The lowest BCUT2D eigenvalue weighted by Gasteiger charge is -2.16. The monoisotopic (exact) mass is 253 g/mol. The van der Waals surface area contributed by atoms with Gasteiger partial charge >= 0.3 is 6.09 Å². The average molecular weight is 253 g/mol. The Morgan fingerprint density at radius 2 is 2.17 bits per heavy atom. The molecule has 0 radical (unpaired) electrons. The molecule has 0 unspecified atom stereocenters. The van der Waals surface area contributed by atoms with Crippen LogP contribution >= 0.6 is 0 Å². The van der Waals surface area contributed by atoms with Crippen LogP contribution in [0.1, 0.15) is 17.4 Å². The number of carbonyl (C=O) groups is 2. The molecule has 7 heteroatoms. The van der Waals surface area contributed by atoms with E-state index in [1.807, 2.05) is 6.92 Å². The summed E-state index contributed by atoms with van der Waals surface area (Å²) in [7, 11) is 2.98. The molecule has 18 heavy (non-hydrogen) atoms. The van der Waals surface area contributed by atoms with Crippen LogP contribution in [0.25, 0.3) is 0 Å². The highest BCUT2D eigenvalue weighted by molar-refractivity contribution is 5.95. The van der Waals surface area contributed by atoms with Gasteiger partial charge in [-0.2, -0.15) is 0 Å². The van der Waals surface area contributed by atoms with Gasteiger partial charge in [-0.05, 0) is 6.92 Å². The summed E-state index contributed by atoms with van der Waals surface area (Å²) in [5.74, 6) is -0.182. The van der Waals surface area contributed by atoms with Crippen LogP contribution in [0, 0.1) is 0 Å². The number of methoxy groups -OCH3 is 1. The summed E-state index contributed by atoms with van der Waals surface area (Å²) in [4.78, 5) is 28.1. The van der Waals surface area contributed by atoms with Crippen LogP contribution in [0.5, 0.6) is 11.5 Å². The maximum atomic E-state index is 12.0. The fourth-order valence-corrected chi connectivity index (χ4v) is 1.29. The molecule has 1 aromatic heterocycles. The van der Waals surface area contributed by atoms with Gasteiger partial charge in [0.25, 0.3) is 5.91 Å². The number of aromatic nitrogens is 1. The van der Waals surface area contributed by atoms with Crippen molar-refractivity contribution in [3.8, 4) is 11.5 Å². The van der Waals surface area contributed by atoms with E-state index in [1.54, 1.807) is 7.05 Å². The van der Waals surface area contributed by atoms with Crippen LogP contribution in [0.4, 0.5) is 4.79 Å². The molecule has 98 valence electrons. The zero-order valence-electron chi connectivity index (χ0n) is 10.5. The first-order valence-corrected chi connectivity index (χ1v) is 5.27. The molecule has 0 aliphatic carbocycles. The maximum absolute atomic E-state index is 12.0. The molecule has 0 atom stereocenters. The first kappa shape index (κ1) is 13.8. The first-order valence-electron chi connectivity index (χ1n) is 5.27. The highest BCUT2D eigenvalue weighted by Gasteiger charge is 2.21. The molecule has 0 spiro atoms. The van der Waals surface area contributed by atoms with E-state index >= 15 is 0 Å². The average Bonchev–Trinajstić information content (AvgIpc) is 2.35. The highest BCUT2D eigenvalue weighted by atomic mass is 16.6. The Bertz CT molecular complexity index is 462. The standard InChI is InChI=1S/C11H15N3O4/c1-4-14(2)10(15)8-9(17-3)7(5-6-13-8)18-11(12)16/h5-6H,4H2,1-3H3,(H2,12,16). The van der Waals surface area contributed by atoms with Crippen LogP contribution < -0.4 is 15.2 Å². The lowest BCUT2D eigenvalue weighted by Crippen LogP contribution is -2.27. The van der Waals surface area contributed by atoms with Gasteiger partial charge in [0.1, 0.15) is 0 Å². The normalized spacial score (nSPS) is 9.72. The fourth-order valence-electron chi connectivity index (χ4n) is 1.29. The molecular weight excluding hydrogens is 238 g/mol. The predicted molar refractivity (Wildman–Crippen MR) is 63.6 cm³/mol. The summed E-state index contributed by atoms with van der Waals surface area (Å²) in [5.41, 5.74) is 5.00. The lowest BCUT2D eigenvalue weighted by atomic mass is 10.2. The Morgan fingerprint density at radius 3 is 2.67 bits per heavy atom. The number of primary amides is 1. The summed E-state index contributed by atoms with van der Waals surface area (Å²) < 4.78 is 9.79. The van der Waals surface area contributed by atoms with Gasteiger partial charge in [-0.1, -0.05) is 0 Å². The van der Waals surface area contributed by atoms with Gasteiger partial charge in [0.2, 0.25) is 0 Å². The second-order valence-corrected chi connectivity index (χ2v) is 3.43. The third-order valence-corrected chi connectivity index (χ3v) is 2.31. The van der Waals surface area contributed by atoms with E-state index in [2.05, 4.69) is 4.98 Å². The Hall–Kier alpha value is -2.31. The molecule has 1 heterocycles. The number of pyridine rings is 1. The molecule has 0 saturated carbocycles. The van der Waals surface area contributed by atoms with Crippen LogP contribution in [0.3, 0.4) is 0 Å². The molecule has 2 N–H and O–H groups in total. The number of nitrogens with two attached hydrogens (primary N) is 1. The van der Waals surface area contributed by atoms with Gasteiger partial charge in [0.05, 0.1) is 7.11 Å². The van der Waals surface area contributed by atoms with E-state index in [9.17, 15) is 9.59 Å². The lowest BCUT2D eigenvalue weighted by molar-refractivity contribution is 0.0792.